The van der Waals surface area contributed by atoms with Gasteiger partial charge >= 0.3 is 5.97 Å². The largest absolute Gasteiger partial charge is 0.490 e. The number of hydrogen-bond acceptors (Lipinski definition) is 4. The molecule has 0 amide bonds. The second kappa shape index (κ2) is 4.75. The van der Waals surface area contributed by atoms with Crippen LogP contribution in [0.25, 0.3) is 0 Å². The van der Waals surface area contributed by atoms with Crippen LogP contribution in [0.1, 0.15) is 31.1 Å². The fourth-order valence-electron chi connectivity index (χ4n) is 1.97. The highest BCUT2D eigenvalue weighted by Crippen LogP contribution is 2.31. The Morgan fingerprint density at radius 2 is 2.41 bits per heavy atom. The molecule has 2 unspecified atom stereocenters. The lowest BCUT2D eigenvalue weighted by Gasteiger charge is -2.10. The Morgan fingerprint density at radius 3 is 3.12 bits per heavy atom. The van der Waals surface area contributed by atoms with Gasteiger partial charge in [-0.15, -0.1) is 0 Å². The third-order valence-electron chi connectivity index (χ3n) is 2.75. The first-order chi connectivity index (χ1) is 8.11. The molecule has 1 aliphatic heterocycles. The van der Waals surface area contributed by atoms with Crippen molar-refractivity contribution in [3.8, 4) is 5.75 Å². The van der Waals surface area contributed by atoms with Crippen molar-refractivity contribution in [1.29, 1.82) is 0 Å². The van der Waals surface area contributed by atoms with Crippen LogP contribution in [-0.2, 0) is 16.0 Å². The normalized spacial score (nSPS) is 19.4. The molecule has 0 saturated heterocycles. The standard InChI is InChI=1S/C13H16O4/c1-3-16-13(15)12(14)9-4-5-11-10(7-9)6-8(2)17-11/h4-5,7-8,12,14H,3,6H2,1-2H3. The molecular weight excluding hydrogens is 220 g/mol. The first kappa shape index (κ1) is 11.9. The molecule has 1 aromatic carbocycles. The molecule has 1 aromatic rings. The summed E-state index contributed by atoms with van der Waals surface area (Å²) in [5.41, 5.74) is 1.58. The van der Waals surface area contributed by atoms with Crippen LogP contribution in [-0.4, -0.2) is 23.8 Å². The Balaban J connectivity index is 2.18. The van der Waals surface area contributed by atoms with Gasteiger partial charge in [0.1, 0.15) is 11.9 Å². The van der Waals surface area contributed by atoms with Crippen LogP contribution in [0.15, 0.2) is 18.2 Å². The van der Waals surface area contributed by atoms with E-state index in [0.29, 0.717) is 5.56 Å². The predicted molar refractivity (Wildman–Crippen MR) is 61.8 cm³/mol. The number of carbonyl (C=O) groups is 1. The van der Waals surface area contributed by atoms with Crippen LogP contribution in [0.2, 0.25) is 0 Å². The molecular formula is C13H16O4. The van der Waals surface area contributed by atoms with E-state index in [9.17, 15) is 9.90 Å². The van der Waals surface area contributed by atoms with Crippen molar-refractivity contribution in [1.82, 2.24) is 0 Å². The second-order valence-corrected chi connectivity index (χ2v) is 4.15. The zero-order chi connectivity index (χ0) is 12.4. The van der Waals surface area contributed by atoms with E-state index < -0.39 is 12.1 Å². The molecule has 1 N–H and O–H groups in total. The second-order valence-electron chi connectivity index (χ2n) is 4.15. The van der Waals surface area contributed by atoms with E-state index in [4.69, 9.17) is 9.47 Å². The maximum atomic E-state index is 11.4. The quantitative estimate of drug-likeness (QED) is 0.810. The third kappa shape index (κ3) is 2.42. The monoisotopic (exact) mass is 236 g/mol. The summed E-state index contributed by atoms with van der Waals surface area (Å²) in [6.45, 7) is 3.96. The molecule has 0 saturated carbocycles. The van der Waals surface area contributed by atoms with Gasteiger partial charge in [-0.25, -0.2) is 4.79 Å². The predicted octanol–water partition coefficient (Wildman–Crippen LogP) is 1.61. The smallest absolute Gasteiger partial charge is 0.339 e. The first-order valence-corrected chi connectivity index (χ1v) is 5.76. The molecule has 0 bridgehead atoms. The van der Waals surface area contributed by atoms with Crippen molar-refractivity contribution in [2.45, 2.75) is 32.5 Å². The Bertz CT molecular complexity index is 427. The Hall–Kier alpha value is -1.55. The average molecular weight is 236 g/mol. The number of hydrogen-bond donors (Lipinski definition) is 1. The number of esters is 1. The minimum atomic E-state index is -1.21. The van der Waals surface area contributed by atoms with E-state index in [-0.39, 0.29) is 12.7 Å². The Kier molecular flexibility index (Phi) is 3.33. The van der Waals surface area contributed by atoms with Crippen molar-refractivity contribution in [2.24, 2.45) is 0 Å². The molecule has 0 spiro atoms. The van der Waals surface area contributed by atoms with Gasteiger partial charge in [0.2, 0.25) is 0 Å². The van der Waals surface area contributed by atoms with Gasteiger partial charge in [-0.05, 0) is 37.1 Å². The van der Waals surface area contributed by atoms with Crippen molar-refractivity contribution in [2.75, 3.05) is 6.61 Å². The number of carbonyl (C=O) groups excluding carboxylic acids is 1. The maximum absolute atomic E-state index is 11.4. The summed E-state index contributed by atoms with van der Waals surface area (Å²) < 4.78 is 10.3. The van der Waals surface area contributed by atoms with E-state index in [1.807, 2.05) is 6.92 Å². The van der Waals surface area contributed by atoms with Gasteiger partial charge in [0.25, 0.3) is 0 Å². The van der Waals surface area contributed by atoms with E-state index in [2.05, 4.69) is 0 Å². The Morgan fingerprint density at radius 1 is 1.65 bits per heavy atom. The van der Waals surface area contributed by atoms with Crippen molar-refractivity contribution >= 4 is 5.97 Å². The zero-order valence-corrected chi connectivity index (χ0v) is 9.97. The van der Waals surface area contributed by atoms with Crippen LogP contribution in [0.5, 0.6) is 5.75 Å². The Labute approximate surface area is 100 Å². The van der Waals surface area contributed by atoms with Crippen LogP contribution in [0, 0.1) is 0 Å². The van der Waals surface area contributed by atoms with Crippen LogP contribution < -0.4 is 4.74 Å². The van der Waals surface area contributed by atoms with Gasteiger partial charge in [0.05, 0.1) is 6.61 Å². The van der Waals surface area contributed by atoms with Gasteiger partial charge in [-0.1, -0.05) is 6.07 Å². The molecule has 0 radical (unpaired) electrons. The molecule has 17 heavy (non-hydrogen) atoms. The zero-order valence-electron chi connectivity index (χ0n) is 9.97. The van der Waals surface area contributed by atoms with E-state index >= 15 is 0 Å². The van der Waals surface area contributed by atoms with E-state index in [1.165, 1.54) is 0 Å². The number of ether oxygens (including phenoxy) is 2. The lowest BCUT2D eigenvalue weighted by Crippen LogP contribution is -2.15. The molecule has 92 valence electrons. The van der Waals surface area contributed by atoms with Crippen molar-refractivity contribution < 1.29 is 19.4 Å². The van der Waals surface area contributed by atoms with Gasteiger partial charge in [0, 0.05) is 6.42 Å². The average Bonchev–Trinajstić information content (AvgIpc) is 2.67. The summed E-state index contributed by atoms with van der Waals surface area (Å²) in [5, 5.41) is 9.80. The number of benzene rings is 1. The number of aliphatic hydroxyl groups excluding tert-OH is 1. The molecule has 1 aliphatic rings. The summed E-state index contributed by atoms with van der Waals surface area (Å²) in [6, 6.07) is 5.29. The lowest BCUT2D eigenvalue weighted by atomic mass is 10.0. The summed E-state index contributed by atoms with van der Waals surface area (Å²) >= 11 is 0. The topological polar surface area (TPSA) is 55.8 Å². The fraction of sp³-hybridized carbons (Fsp3) is 0.462. The van der Waals surface area contributed by atoms with E-state index in [1.54, 1.807) is 25.1 Å². The molecule has 2 rings (SSSR count). The van der Waals surface area contributed by atoms with E-state index in [0.717, 1.165) is 17.7 Å². The first-order valence-electron chi connectivity index (χ1n) is 5.76. The minimum Gasteiger partial charge on any atom is -0.490 e. The van der Waals surface area contributed by atoms with Gasteiger partial charge in [0.15, 0.2) is 6.10 Å². The molecule has 4 nitrogen and oxygen atoms in total. The SMILES string of the molecule is CCOC(=O)C(O)c1ccc2c(c1)CC(C)O2. The highest BCUT2D eigenvalue weighted by molar-refractivity contribution is 5.76. The molecule has 0 fully saturated rings. The highest BCUT2D eigenvalue weighted by atomic mass is 16.5. The molecule has 2 atom stereocenters. The van der Waals surface area contributed by atoms with Gasteiger partial charge in [-0.2, -0.15) is 0 Å². The summed E-state index contributed by atoms with van der Waals surface area (Å²) in [4.78, 5) is 11.4. The third-order valence-corrected chi connectivity index (χ3v) is 2.75. The van der Waals surface area contributed by atoms with Gasteiger partial charge < -0.3 is 14.6 Å². The number of fused-ring (bicyclic) bond motifs is 1. The lowest BCUT2D eigenvalue weighted by molar-refractivity contribution is -0.153. The molecule has 0 aromatic heterocycles. The molecule has 0 aliphatic carbocycles. The summed E-state index contributed by atoms with van der Waals surface area (Å²) in [6.07, 6.45) is -0.255. The molecule has 4 heteroatoms. The van der Waals surface area contributed by atoms with Gasteiger partial charge in [-0.3, -0.25) is 0 Å². The fourth-order valence-corrected chi connectivity index (χ4v) is 1.97. The van der Waals surface area contributed by atoms with Crippen LogP contribution in [0.4, 0.5) is 0 Å². The van der Waals surface area contributed by atoms with Crippen LogP contribution in [0.3, 0.4) is 0 Å². The number of aliphatic hydroxyl groups is 1. The molecule has 1 heterocycles. The minimum absolute atomic E-state index is 0.153. The summed E-state index contributed by atoms with van der Waals surface area (Å²) in [7, 11) is 0. The number of rotatable bonds is 3. The summed E-state index contributed by atoms with van der Waals surface area (Å²) in [5.74, 6) is 0.219. The van der Waals surface area contributed by atoms with Crippen molar-refractivity contribution in [3.05, 3.63) is 29.3 Å². The van der Waals surface area contributed by atoms with Crippen LogP contribution >= 0.6 is 0 Å². The highest BCUT2D eigenvalue weighted by Gasteiger charge is 2.23. The maximum Gasteiger partial charge on any atom is 0.339 e. The van der Waals surface area contributed by atoms with Crippen molar-refractivity contribution in [3.63, 3.8) is 0 Å².